The molecule has 0 aliphatic carbocycles. The molecule has 3 heterocycles. The Labute approximate surface area is 264 Å². The minimum Gasteiger partial charge on any atom is -0.460 e. The van der Waals surface area contributed by atoms with Gasteiger partial charge in [0.25, 0.3) is 5.91 Å². The Bertz CT molecular complexity index is 1340. The van der Waals surface area contributed by atoms with E-state index in [-0.39, 0.29) is 50.2 Å². The van der Waals surface area contributed by atoms with Crippen LogP contribution in [0.4, 0.5) is 10.6 Å². The van der Waals surface area contributed by atoms with Crippen molar-refractivity contribution in [2.75, 3.05) is 57.9 Å². The summed E-state index contributed by atoms with van der Waals surface area (Å²) in [6, 6.07) is 9.95. The number of hydrogen-bond donors (Lipinski definition) is 1. The van der Waals surface area contributed by atoms with Gasteiger partial charge in [-0.25, -0.2) is 14.8 Å². The maximum Gasteiger partial charge on any atom is 0.409 e. The number of piperazine rings is 1. The lowest BCUT2D eigenvalue weighted by molar-refractivity contribution is -0.155. The van der Waals surface area contributed by atoms with Crippen LogP contribution in [0, 0.1) is 0 Å². The minimum atomic E-state index is -1.03. The molecule has 13 heteroatoms. The van der Waals surface area contributed by atoms with E-state index in [4.69, 9.17) is 19.2 Å². The fourth-order valence-corrected chi connectivity index (χ4v) is 5.25. The fourth-order valence-electron chi connectivity index (χ4n) is 5.25. The molecule has 2 fully saturated rings. The molecule has 13 nitrogen and oxygen atoms in total. The van der Waals surface area contributed by atoms with Crippen LogP contribution in [-0.2, 0) is 23.8 Å². The van der Waals surface area contributed by atoms with E-state index < -0.39 is 29.6 Å². The number of benzene rings is 1. The van der Waals surface area contributed by atoms with Crippen molar-refractivity contribution >= 4 is 29.7 Å². The van der Waals surface area contributed by atoms with Crippen molar-refractivity contribution in [1.82, 2.24) is 25.1 Å². The summed E-state index contributed by atoms with van der Waals surface area (Å²) in [5.74, 6) is -0.424. The number of rotatable bonds is 10. The van der Waals surface area contributed by atoms with E-state index in [2.05, 4.69) is 10.3 Å². The molecule has 2 atom stereocenters. The van der Waals surface area contributed by atoms with E-state index in [1.54, 1.807) is 50.7 Å². The molecule has 45 heavy (non-hydrogen) atoms. The first kappa shape index (κ1) is 33.6. The van der Waals surface area contributed by atoms with Gasteiger partial charge >= 0.3 is 12.1 Å². The Hall–Kier alpha value is -4.26. The summed E-state index contributed by atoms with van der Waals surface area (Å²) in [7, 11) is 1.67. The first-order valence-corrected chi connectivity index (χ1v) is 15.4. The summed E-state index contributed by atoms with van der Waals surface area (Å²) in [6.07, 6.45) is 0.406. The van der Waals surface area contributed by atoms with Crippen molar-refractivity contribution in [1.29, 1.82) is 0 Å². The zero-order valence-electron chi connectivity index (χ0n) is 26.8. The summed E-state index contributed by atoms with van der Waals surface area (Å²) < 4.78 is 16.1. The SMILES string of the molecule is CCOC(=O)N1CCN(C(=O)C(CCC(=O)OC(C)(C)C)NC(=O)c2cc(N3CCC(OC)C3)nc(-c3ccccc3)n2)CC1. The lowest BCUT2D eigenvalue weighted by atomic mass is 10.1. The van der Waals surface area contributed by atoms with Gasteiger partial charge in [0, 0.05) is 64.4 Å². The smallest absolute Gasteiger partial charge is 0.409 e. The number of hydrogen-bond acceptors (Lipinski definition) is 10. The van der Waals surface area contributed by atoms with Crippen LogP contribution in [0.2, 0.25) is 0 Å². The second-order valence-corrected chi connectivity index (χ2v) is 12.1. The van der Waals surface area contributed by atoms with E-state index in [9.17, 15) is 19.2 Å². The molecule has 0 bridgehead atoms. The highest BCUT2D eigenvalue weighted by atomic mass is 16.6. The number of aromatic nitrogens is 2. The molecule has 2 unspecified atom stereocenters. The molecule has 3 amide bonds. The van der Waals surface area contributed by atoms with Crippen molar-refractivity contribution in [2.45, 2.75) is 64.7 Å². The average Bonchev–Trinajstić information content (AvgIpc) is 3.52. The monoisotopic (exact) mass is 624 g/mol. The lowest BCUT2D eigenvalue weighted by Crippen LogP contribution is -2.56. The predicted octanol–water partition coefficient (Wildman–Crippen LogP) is 2.89. The van der Waals surface area contributed by atoms with Gasteiger partial charge in [-0.05, 0) is 40.5 Å². The van der Waals surface area contributed by atoms with Crippen molar-refractivity contribution in [3.8, 4) is 11.4 Å². The van der Waals surface area contributed by atoms with Crippen molar-refractivity contribution in [3.63, 3.8) is 0 Å². The first-order valence-electron chi connectivity index (χ1n) is 15.4. The van der Waals surface area contributed by atoms with E-state index in [1.165, 1.54) is 0 Å². The maximum atomic E-state index is 13.8. The number of carbonyl (C=O) groups excluding carboxylic acids is 4. The van der Waals surface area contributed by atoms with Gasteiger partial charge in [0.1, 0.15) is 23.2 Å². The van der Waals surface area contributed by atoms with Crippen LogP contribution in [0.3, 0.4) is 0 Å². The van der Waals surface area contributed by atoms with Gasteiger partial charge < -0.3 is 34.2 Å². The molecule has 1 N–H and O–H groups in total. The third-order valence-corrected chi connectivity index (χ3v) is 7.56. The van der Waals surface area contributed by atoms with E-state index >= 15 is 0 Å². The number of amides is 3. The highest BCUT2D eigenvalue weighted by Gasteiger charge is 2.32. The van der Waals surface area contributed by atoms with Gasteiger partial charge in [-0.15, -0.1) is 0 Å². The largest absolute Gasteiger partial charge is 0.460 e. The second-order valence-electron chi connectivity index (χ2n) is 12.1. The molecular weight excluding hydrogens is 580 g/mol. The van der Waals surface area contributed by atoms with Crippen LogP contribution in [0.5, 0.6) is 0 Å². The number of carbonyl (C=O) groups is 4. The second kappa shape index (κ2) is 15.2. The van der Waals surface area contributed by atoms with E-state index in [1.807, 2.05) is 35.2 Å². The van der Waals surface area contributed by atoms with Gasteiger partial charge in [0.15, 0.2) is 5.82 Å². The van der Waals surface area contributed by atoms with Gasteiger partial charge in [0.05, 0.1) is 12.7 Å². The Balaban J connectivity index is 1.56. The van der Waals surface area contributed by atoms with Crippen molar-refractivity contribution in [3.05, 3.63) is 42.1 Å². The van der Waals surface area contributed by atoms with Gasteiger partial charge in [-0.3, -0.25) is 14.4 Å². The van der Waals surface area contributed by atoms with E-state index in [0.29, 0.717) is 37.8 Å². The molecule has 1 aromatic carbocycles. The third-order valence-electron chi connectivity index (χ3n) is 7.56. The minimum absolute atomic E-state index is 0.0305. The molecule has 244 valence electrons. The number of methoxy groups -OCH3 is 1. The molecule has 2 aliphatic rings. The predicted molar refractivity (Wildman–Crippen MR) is 167 cm³/mol. The molecule has 0 radical (unpaired) electrons. The summed E-state index contributed by atoms with van der Waals surface area (Å²) in [5.41, 5.74) is 0.154. The number of ether oxygens (including phenoxy) is 3. The topological polar surface area (TPSA) is 144 Å². The van der Waals surface area contributed by atoms with E-state index in [0.717, 1.165) is 12.0 Å². The van der Waals surface area contributed by atoms with Gasteiger partial charge in [-0.1, -0.05) is 30.3 Å². The molecule has 2 aromatic rings. The van der Waals surface area contributed by atoms with Gasteiger partial charge in [-0.2, -0.15) is 0 Å². The van der Waals surface area contributed by atoms with Crippen molar-refractivity contribution < 1.29 is 33.4 Å². The Morgan fingerprint density at radius 3 is 2.31 bits per heavy atom. The van der Waals surface area contributed by atoms with Crippen LogP contribution in [0.1, 0.15) is 57.4 Å². The van der Waals surface area contributed by atoms with Crippen LogP contribution in [-0.4, -0.2) is 114 Å². The summed E-state index contributed by atoms with van der Waals surface area (Å²) in [5, 5.41) is 2.84. The van der Waals surface area contributed by atoms with Crippen LogP contribution < -0.4 is 10.2 Å². The molecule has 2 saturated heterocycles. The van der Waals surface area contributed by atoms with Crippen LogP contribution in [0.15, 0.2) is 36.4 Å². The first-order chi connectivity index (χ1) is 21.5. The molecule has 2 aliphatic heterocycles. The lowest BCUT2D eigenvalue weighted by Gasteiger charge is -2.36. The maximum absolute atomic E-state index is 13.8. The quantitative estimate of drug-likeness (QED) is 0.392. The summed E-state index contributed by atoms with van der Waals surface area (Å²) in [6.45, 7) is 9.76. The summed E-state index contributed by atoms with van der Waals surface area (Å²) in [4.78, 5) is 66.8. The summed E-state index contributed by atoms with van der Waals surface area (Å²) >= 11 is 0. The molecule has 4 rings (SSSR count). The molecular formula is C32H44N6O7. The number of anilines is 1. The van der Waals surface area contributed by atoms with Crippen LogP contribution >= 0.6 is 0 Å². The van der Waals surface area contributed by atoms with Gasteiger partial charge in [0.2, 0.25) is 5.91 Å². The number of esters is 1. The Morgan fingerprint density at radius 1 is 1.00 bits per heavy atom. The zero-order valence-corrected chi connectivity index (χ0v) is 26.8. The average molecular weight is 625 g/mol. The Morgan fingerprint density at radius 2 is 1.69 bits per heavy atom. The molecule has 0 spiro atoms. The number of nitrogens with one attached hydrogen (secondary N) is 1. The molecule has 0 saturated carbocycles. The Kier molecular flexibility index (Phi) is 11.3. The highest BCUT2D eigenvalue weighted by molar-refractivity contribution is 5.97. The zero-order chi connectivity index (χ0) is 32.6. The highest BCUT2D eigenvalue weighted by Crippen LogP contribution is 2.24. The third kappa shape index (κ3) is 9.37. The fraction of sp³-hybridized carbons (Fsp3) is 0.562. The standard InChI is InChI=1S/C32H44N6O7/c1-6-44-31(42)37-18-16-36(17-19-37)30(41)24(12-13-27(39)45-32(2,3)4)34-29(40)25-20-26(38-15-14-23(21-38)43-5)35-28(33-25)22-10-8-7-9-11-22/h7-11,20,23-24H,6,12-19,21H2,1-5H3,(H,34,40). The number of nitrogens with zero attached hydrogens (tertiary/aromatic N) is 5. The molecule has 1 aromatic heterocycles. The normalized spacial score (nSPS) is 17.5. The van der Waals surface area contributed by atoms with Crippen molar-refractivity contribution in [2.24, 2.45) is 0 Å². The van der Waals surface area contributed by atoms with Crippen LogP contribution in [0.25, 0.3) is 11.4 Å².